The molecule has 51 heavy (non-hydrogen) atoms. The van der Waals surface area contributed by atoms with Gasteiger partial charge in [0.2, 0.25) is 0 Å². The molecular formula is C34H45F7N2O8. The lowest BCUT2D eigenvalue weighted by Crippen LogP contribution is -2.47. The van der Waals surface area contributed by atoms with E-state index in [1.165, 1.54) is 0 Å². The molecule has 0 radical (unpaired) electrons. The summed E-state index contributed by atoms with van der Waals surface area (Å²) >= 11 is 0. The second-order valence-electron chi connectivity index (χ2n) is 12.6. The molecule has 2 amide bonds. The minimum atomic E-state index is -4.65. The molecule has 10 nitrogen and oxygen atoms in total. The van der Waals surface area contributed by atoms with Gasteiger partial charge in [-0.3, -0.25) is 9.29 Å². The molecule has 288 valence electrons. The van der Waals surface area contributed by atoms with Crippen molar-refractivity contribution in [1.29, 1.82) is 0 Å². The maximum absolute atomic E-state index is 12.8. The normalized spacial score (nSPS) is 12.9. The Kier molecular flexibility index (Phi) is 18.3. The molecule has 0 aliphatic heterocycles. The number of nitrogens with one attached hydrogen (secondary N) is 1. The first-order valence-electron chi connectivity index (χ1n) is 15.8. The van der Waals surface area contributed by atoms with Crippen LogP contribution in [0.25, 0.3) is 0 Å². The molecule has 0 fully saturated rings. The fraction of sp³-hybridized carbons (Fsp3) is 0.529. The fourth-order valence-corrected chi connectivity index (χ4v) is 3.59. The molecule has 0 aliphatic carbocycles. The predicted molar refractivity (Wildman–Crippen MR) is 172 cm³/mol. The van der Waals surface area contributed by atoms with E-state index in [-0.39, 0.29) is 13.2 Å². The SMILES string of the molecule is CC(C)(C)OC(=O)NC(CC(F)(F)F)C(=O)OCc1ccccc1.CN(C(=O)OC(C)(C)C)C(CC(F)(F)F)C(=O)OCc1ccccc1.[2H]CF. The number of hydrogen-bond acceptors (Lipinski definition) is 8. The third-order valence-electron chi connectivity index (χ3n) is 5.70. The number of rotatable bonds is 10. The number of amides is 2. The number of nitrogens with zero attached hydrogens (tertiary/aromatic N) is 1. The van der Waals surface area contributed by atoms with Gasteiger partial charge in [-0.05, 0) is 52.7 Å². The number of benzene rings is 2. The van der Waals surface area contributed by atoms with Gasteiger partial charge in [0.15, 0.2) is 0 Å². The van der Waals surface area contributed by atoms with E-state index in [2.05, 4.69) is 0 Å². The van der Waals surface area contributed by atoms with Crippen molar-refractivity contribution in [3.05, 3.63) is 71.8 Å². The summed E-state index contributed by atoms with van der Waals surface area (Å²) in [4.78, 5) is 48.3. The summed E-state index contributed by atoms with van der Waals surface area (Å²) in [6.45, 7) is 9.01. The number of carbonyl (C=O) groups is 4. The van der Waals surface area contributed by atoms with Crippen molar-refractivity contribution in [2.75, 3.05) is 14.2 Å². The number of hydrogen-bond donors (Lipinski definition) is 1. The van der Waals surface area contributed by atoms with Crippen molar-refractivity contribution in [3.63, 3.8) is 0 Å². The highest BCUT2D eigenvalue weighted by atomic mass is 19.4. The molecule has 0 spiro atoms. The Morgan fingerprint density at radius 3 is 1.47 bits per heavy atom. The minimum Gasteiger partial charge on any atom is -0.459 e. The summed E-state index contributed by atoms with van der Waals surface area (Å²) in [6, 6.07) is 13.3. The van der Waals surface area contributed by atoms with Gasteiger partial charge in [-0.15, -0.1) is 0 Å². The molecular weight excluding hydrogens is 697 g/mol. The van der Waals surface area contributed by atoms with Crippen LogP contribution >= 0.6 is 0 Å². The van der Waals surface area contributed by atoms with E-state index in [0.29, 0.717) is 16.0 Å². The molecule has 1 N–H and O–H groups in total. The van der Waals surface area contributed by atoms with Crippen molar-refractivity contribution < 1.29 is 70.2 Å². The lowest BCUT2D eigenvalue weighted by atomic mass is 10.1. The van der Waals surface area contributed by atoms with Crippen LogP contribution in [0.15, 0.2) is 60.7 Å². The van der Waals surface area contributed by atoms with Crippen LogP contribution in [-0.2, 0) is 41.8 Å². The number of esters is 2. The standard InChI is InChI=1S/C17H22F3NO4.C16H20F3NO4.CH3F/c1-16(2,3)25-15(23)21(4)13(10-17(18,19)20)14(22)24-11-12-8-6-5-7-9-12;1-15(2,3)24-14(22)20-12(9-16(17,18)19)13(21)23-10-11-7-5-4-6-8-11;1-2/h5-9,13H,10-11H2,1-4H3;4-8,12H,9-10H2,1-3H3,(H,20,22);1H3/i;;1D. The summed E-state index contributed by atoms with van der Waals surface area (Å²) in [5.74, 6) is -2.32. The highest BCUT2D eigenvalue weighted by Gasteiger charge is 2.41. The van der Waals surface area contributed by atoms with Gasteiger partial charge in [0.05, 0.1) is 21.4 Å². The first-order valence-corrected chi connectivity index (χ1v) is 15.1. The van der Waals surface area contributed by atoms with Crippen molar-refractivity contribution >= 4 is 24.1 Å². The number of halogens is 7. The van der Waals surface area contributed by atoms with E-state index in [1.807, 2.05) is 5.32 Å². The molecule has 2 atom stereocenters. The average molecular weight is 744 g/mol. The molecule has 0 saturated carbocycles. The van der Waals surface area contributed by atoms with E-state index in [9.17, 15) is 49.9 Å². The van der Waals surface area contributed by atoms with Crippen molar-refractivity contribution in [1.82, 2.24) is 10.2 Å². The van der Waals surface area contributed by atoms with Crippen molar-refractivity contribution in [3.8, 4) is 0 Å². The molecule has 0 bridgehead atoms. The Morgan fingerprint density at radius 1 is 0.706 bits per heavy atom. The second-order valence-corrected chi connectivity index (χ2v) is 12.6. The second kappa shape index (κ2) is 20.9. The third kappa shape index (κ3) is 22.7. The van der Waals surface area contributed by atoms with Gasteiger partial charge in [-0.1, -0.05) is 60.7 Å². The summed E-state index contributed by atoms with van der Waals surface area (Å²) in [7, 11) is 0.0776. The van der Waals surface area contributed by atoms with Crippen molar-refractivity contribution in [2.24, 2.45) is 0 Å². The number of alkyl carbamates (subject to hydrolysis) is 1. The number of likely N-dealkylation sites (N-methyl/N-ethyl adjacent to an activating group) is 1. The smallest absolute Gasteiger partial charge is 0.410 e. The third-order valence-corrected chi connectivity index (χ3v) is 5.70. The lowest BCUT2D eigenvalue weighted by Gasteiger charge is -2.30. The molecule has 2 rings (SSSR count). The van der Waals surface area contributed by atoms with Gasteiger partial charge >= 0.3 is 36.5 Å². The van der Waals surface area contributed by atoms with Crippen LogP contribution in [0.3, 0.4) is 0 Å². The predicted octanol–water partition coefficient (Wildman–Crippen LogP) is 8.08. The number of carbonyl (C=O) groups excluding carboxylic acids is 4. The minimum absolute atomic E-state index is 0.184. The maximum Gasteiger partial charge on any atom is 0.410 e. The molecule has 2 aromatic carbocycles. The number of alkyl halides is 7. The van der Waals surface area contributed by atoms with E-state index >= 15 is 0 Å². The monoisotopic (exact) mass is 743 g/mol. The van der Waals surface area contributed by atoms with Gasteiger partial charge in [-0.2, -0.15) is 26.3 Å². The molecule has 0 saturated heterocycles. The van der Waals surface area contributed by atoms with E-state index < -0.39 is 79.8 Å². The quantitative estimate of drug-likeness (QED) is 0.147. The van der Waals surface area contributed by atoms with Crippen LogP contribution in [0.2, 0.25) is 0 Å². The maximum atomic E-state index is 12.8. The summed E-state index contributed by atoms with van der Waals surface area (Å²) in [5, 5.41) is 1.91. The fourth-order valence-electron chi connectivity index (χ4n) is 3.59. The van der Waals surface area contributed by atoms with Gasteiger partial charge < -0.3 is 24.3 Å². The van der Waals surface area contributed by atoms with E-state index in [1.54, 1.807) is 102 Å². The zero-order valence-electron chi connectivity index (χ0n) is 30.3. The zero-order valence-corrected chi connectivity index (χ0v) is 29.3. The Balaban J connectivity index is 0.000000930. The van der Waals surface area contributed by atoms with Crippen LogP contribution in [-0.4, -0.2) is 78.9 Å². The first kappa shape index (κ1) is 44.5. The molecule has 2 aromatic rings. The van der Waals surface area contributed by atoms with Gasteiger partial charge in [0.25, 0.3) is 0 Å². The zero-order chi connectivity index (χ0) is 40.3. The highest BCUT2D eigenvalue weighted by Crippen LogP contribution is 2.26. The Morgan fingerprint density at radius 2 is 1.10 bits per heavy atom. The van der Waals surface area contributed by atoms with Crippen LogP contribution in [0.5, 0.6) is 0 Å². The van der Waals surface area contributed by atoms with Crippen molar-refractivity contribution in [2.45, 2.75) is 103 Å². The first-order chi connectivity index (χ1) is 23.8. The Bertz CT molecular complexity index is 1370. The van der Waals surface area contributed by atoms with Gasteiger partial charge in [-0.25, -0.2) is 19.2 Å². The van der Waals surface area contributed by atoms with Crippen LogP contribution in [0.4, 0.5) is 40.3 Å². The average Bonchev–Trinajstić information content (AvgIpc) is 2.99. The summed E-state index contributed by atoms with van der Waals surface area (Å²) in [6.07, 6.45) is -14.5. The largest absolute Gasteiger partial charge is 0.459 e. The highest BCUT2D eigenvalue weighted by molar-refractivity contribution is 5.82. The molecule has 0 heterocycles. The van der Waals surface area contributed by atoms with Crippen LogP contribution < -0.4 is 5.32 Å². The molecule has 0 aromatic heterocycles. The van der Waals surface area contributed by atoms with E-state index in [4.69, 9.17) is 20.3 Å². The topological polar surface area (TPSA) is 120 Å². The summed E-state index contributed by atoms with van der Waals surface area (Å²) < 4.78 is 111. The van der Waals surface area contributed by atoms with Gasteiger partial charge in [0, 0.05) is 7.05 Å². The van der Waals surface area contributed by atoms with Crippen LogP contribution in [0.1, 0.15) is 66.9 Å². The number of ether oxygens (including phenoxy) is 4. The molecule has 17 heteroatoms. The van der Waals surface area contributed by atoms with E-state index in [0.717, 1.165) is 7.05 Å². The Hall–Kier alpha value is -4.57. The van der Waals surface area contributed by atoms with Gasteiger partial charge in [0.1, 0.15) is 36.5 Å². The molecule has 0 aliphatic rings. The Labute approximate surface area is 294 Å². The molecule has 2 unspecified atom stereocenters. The lowest BCUT2D eigenvalue weighted by molar-refractivity contribution is -0.169. The van der Waals surface area contributed by atoms with Crippen LogP contribution in [0, 0.1) is 0 Å². The summed E-state index contributed by atoms with van der Waals surface area (Å²) in [5.41, 5.74) is -0.557.